The first-order valence-electron chi connectivity index (χ1n) is 11.4. The molecule has 0 radical (unpaired) electrons. The maximum atomic E-state index is 12.3. The van der Waals surface area contributed by atoms with E-state index in [1.54, 1.807) is 24.3 Å². The van der Waals surface area contributed by atoms with E-state index in [2.05, 4.69) is 60.5 Å². The lowest BCUT2D eigenvalue weighted by molar-refractivity contribution is -0.123. The van der Waals surface area contributed by atoms with Crippen molar-refractivity contribution in [2.45, 2.75) is 31.7 Å². The summed E-state index contributed by atoms with van der Waals surface area (Å²) in [7, 11) is 0. The van der Waals surface area contributed by atoms with Crippen molar-refractivity contribution in [3.63, 3.8) is 0 Å². The summed E-state index contributed by atoms with van der Waals surface area (Å²) < 4.78 is 0. The number of rotatable bonds is 9. The molecule has 3 rings (SSSR count). The molecule has 3 aromatic carbocycles. The molecule has 0 saturated heterocycles. The molecular weight excluding hydrogens is 424 g/mol. The lowest BCUT2D eigenvalue weighted by Crippen LogP contribution is -2.46. The van der Waals surface area contributed by atoms with Gasteiger partial charge in [-0.25, -0.2) is 0 Å². The molecule has 3 aromatic rings. The van der Waals surface area contributed by atoms with E-state index < -0.39 is 24.3 Å². The standard InChI is InChI=1S/C29H30N2O3/c1-21(25-5-3-2-4-6-25)7-8-22-9-11-23(12-10-22)13-14-24-15-17-26(18-16-24)29(34)31-27(19-30)28(33)20-32/h2-6,9-12,15-18,21,27,32H,7-8,19-20,30H2,1H3,(H,31,34)/t21-,27-/m0/s1. The van der Waals surface area contributed by atoms with Gasteiger partial charge >= 0.3 is 0 Å². The largest absolute Gasteiger partial charge is 0.388 e. The first kappa shape index (κ1) is 24.9. The molecular formula is C29H30N2O3. The lowest BCUT2D eigenvalue weighted by atomic mass is 9.94. The van der Waals surface area contributed by atoms with Gasteiger partial charge in [-0.05, 0) is 66.3 Å². The number of carbonyl (C=O) groups is 2. The van der Waals surface area contributed by atoms with Crippen LogP contribution in [0.15, 0.2) is 78.9 Å². The van der Waals surface area contributed by atoms with Crippen molar-refractivity contribution >= 4 is 11.7 Å². The summed E-state index contributed by atoms with van der Waals surface area (Å²) in [4.78, 5) is 23.9. The quantitative estimate of drug-likeness (QED) is 0.432. The van der Waals surface area contributed by atoms with Crippen LogP contribution in [-0.2, 0) is 11.2 Å². The minimum atomic E-state index is -0.901. The highest BCUT2D eigenvalue weighted by molar-refractivity contribution is 5.98. The topological polar surface area (TPSA) is 92.4 Å². The zero-order valence-corrected chi connectivity index (χ0v) is 19.3. The van der Waals surface area contributed by atoms with Crippen molar-refractivity contribution < 1.29 is 14.7 Å². The van der Waals surface area contributed by atoms with Crippen LogP contribution in [0.25, 0.3) is 0 Å². The highest BCUT2D eigenvalue weighted by Gasteiger charge is 2.18. The van der Waals surface area contributed by atoms with Crippen molar-refractivity contribution in [1.82, 2.24) is 5.32 Å². The highest BCUT2D eigenvalue weighted by Crippen LogP contribution is 2.21. The Kier molecular flexibility index (Phi) is 9.16. The second-order valence-electron chi connectivity index (χ2n) is 8.26. The second kappa shape index (κ2) is 12.5. The molecule has 0 bridgehead atoms. The van der Waals surface area contributed by atoms with Crippen LogP contribution in [0.2, 0.25) is 0 Å². The van der Waals surface area contributed by atoms with Crippen molar-refractivity contribution in [1.29, 1.82) is 0 Å². The first-order valence-corrected chi connectivity index (χ1v) is 11.4. The number of aliphatic hydroxyl groups excluding tert-OH is 1. The Bertz CT molecular complexity index is 1140. The van der Waals surface area contributed by atoms with Crippen molar-refractivity contribution in [3.8, 4) is 11.8 Å². The number of ketones is 1. The second-order valence-corrected chi connectivity index (χ2v) is 8.26. The Labute approximate surface area is 201 Å². The van der Waals surface area contributed by atoms with Gasteiger partial charge in [0.1, 0.15) is 12.6 Å². The van der Waals surface area contributed by atoms with E-state index in [0.29, 0.717) is 11.5 Å². The smallest absolute Gasteiger partial charge is 0.251 e. The molecule has 2 atom stereocenters. The molecule has 0 spiro atoms. The van der Waals surface area contributed by atoms with Gasteiger partial charge in [0.25, 0.3) is 5.91 Å². The van der Waals surface area contributed by atoms with Crippen LogP contribution < -0.4 is 11.1 Å². The summed E-state index contributed by atoms with van der Waals surface area (Å²) >= 11 is 0. The SMILES string of the molecule is C[C@@H](CCc1ccc(C#Cc2ccc(C(=O)N[C@@H](CN)C(=O)CO)cc2)cc1)c1ccccc1. The number of nitrogens with two attached hydrogens (primary N) is 1. The van der Waals surface area contributed by atoms with Gasteiger partial charge in [0.05, 0.1) is 0 Å². The van der Waals surface area contributed by atoms with Crippen LogP contribution in [0.5, 0.6) is 0 Å². The predicted octanol–water partition coefficient (Wildman–Crippen LogP) is 3.44. The molecule has 1 amide bonds. The average Bonchev–Trinajstić information content (AvgIpc) is 2.90. The van der Waals surface area contributed by atoms with Gasteiger partial charge in [-0.1, -0.05) is 61.2 Å². The fourth-order valence-electron chi connectivity index (χ4n) is 3.56. The number of Topliss-reactive ketones (excluding diaryl/α,β-unsaturated/α-hetero) is 1. The molecule has 4 N–H and O–H groups in total. The number of aliphatic hydroxyl groups is 1. The Balaban J connectivity index is 1.55. The van der Waals surface area contributed by atoms with E-state index in [1.807, 2.05) is 18.2 Å². The number of nitrogens with one attached hydrogen (secondary N) is 1. The van der Waals surface area contributed by atoms with Gasteiger partial charge in [0.2, 0.25) is 0 Å². The maximum absolute atomic E-state index is 12.3. The Hall–Kier alpha value is -3.72. The number of aryl methyl sites for hydroxylation is 1. The minimum absolute atomic E-state index is 0.0699. The van der Waals surface area contributed by atoms with Gasteiger partial charge < -0.3 is 16.2 Å². The Morgan fingerprint density at radius 1 is 0.912 bits per heavy atom. The van der Waals surface area contributed by atoms with Crippen LogP contribution in [0.4, 0.5) is 0 Å². The third kappa shape index (κ3) is 7.14. The van der Waals surface area contributed by atoms with Gasteiger partial charge in [0, 0.05) is 23.2 Å². The van der Waals surface area contributed by atoms with Crippen molar-refractivity contribution in [2.24, 2.45) is 5.73 Å². The molecule has 5 heteroatoms. The third-order valence-corrected chi connectivity index (χ3v) is 5.77. The van der Waals surface area contributed by atoms with Crippen molar-refractivity contribution in [2.75, 3.05) is 13.2 Å². The summed E-state index contributed by atoms with van der Waals surface area (Å²) in [5.41, 5.74) is 10.2. The molecule has 0 heterocycles. The van der Waals surface area contributed by atoms with Crippen LogP contribution in [-0.4, -0.2) is 36.0 Å². The number of hydrogen-bond acceptors (Lipinski definition) is 4. The zero-order valence-electron chi connectivity index (χ0n) is 19.3. The molecule has 0 aliphatic carbocycles. The van der Waals surface area contributed by atoms with Gasteiger partial charge in [-0.2, -0.15) is 0 Å². The summed E-state index contributed by atoms with van der Waals surface area (Å²) in [6, 6.07) is 24.8. The van der Waals surface area contributed by atoms with Crippen LogP contribution in [0.3, 0.4) is 0 Å². The summed E-state index contributed by atoms with van der Waals surface area (Å²) in [5.74, 6) is 5.84. The van der Waals surface area contributed by atoms with E-state index in [4.69, 9.17) is 10.8 Å². The summed E-state index contributed by atoms with van der Waals surface area (Å²) in [5, 5.41) is 11.5. The number of benzene rings is 3. The average molecular weight is 455 g/mol. The van der Waals surface area contributed by atoms with E-state index in [9.17, 15) is 9.59 Å². The molecule has 0 fully saturated rings. The monoisotopic (exact) mass is 454 g/mol. The van der Waals surface area contributed by atoms with Crippen molar-refractivity contribution in [3.05, 3.63) is 107 Å². The maximum Gasteiger partial charge on any atom is 0.251 e. The normalized spacial score (nSPS) is 12.2. The van der Waals surface area contributed by atoms with Gasteiger partial charge in [-0.15, -0.1) is 0 Å². The van der Waals surface area contributed by atoms with Crippen LogP contribution in [0.1, 0.15) is 51.9 Å². The number of carbonyl (C=O) groups excluding carboxylic acids is 2. The Morgan fingerprint density at radius 2 is 1.50 bits per heavy atom. The van der Waals surface area contributed by atoms with Crippen LogP contribution in [0, 0.1) is 11.8 Å². The molecule has 0 unspecified atom stereocenters. The summed E-state index contributed by atoms with van der Waals surface area (Å²) in [6.07, 6.45) is 2.11. The molecule has 0 aromatic heterocycles. The van der Waals surface area contributed by atoms with E-state index >= 15 is 0 Å². The Morgan fingerprint density at radius 3 is 2.06 bits per heavy atom. The number of amides is 1. The summed E-state index contributed by atoms with van der Waals surface area (Å²) in [6.45, 7) is 1.53. The molecule has 0 aliphatic rings. The molecule has 174 valence electrons. The fraction of sp³-hybridized carbons (Fsp3) is 0.241. The molecule has 34 heavy (non-hydrogen) atoms. The third-order valence-electron chi connectivity index (χ3n) is 5.77. The number of hydrogen-bond donors (Lipinski definition) is 3. The van der Waals surface area contributed by atoms with Gasteiger partial charge in [0.15, 0.2) is 5.78 Å². The van der Waals surface area contributed by atoms with E-state index in [1.165, 1.54) is 11.1 Å². The molecule has 5 nitrogen and oxygen atoms in total. The minimum Gasteiger partial charge on any atom is -0.388 e. The lowest BCUT2D eigenvalue weighted by Gasteiger charge is -2.14. The molecule has 0 aliphatic heterocycles. The van der Waals surface area contributed by atoms with E-state index in [0.717, 1.165) is 24.0 Å². The highest BCUT2D eigenvalue weighted by atomic mass is 16.3. The fourth-order valence-corrected chi connectivity index (χ4v) is 3.56. The van der Waals surface area contributed by atoms with Gasteiger partial charge in [-0.3, -0.25) is 9.59 Å². The predicted molar refractivity (Wildman–Crippen MR) is 134 cm³/mol. The van der Waals surface area contributed by atoms with E-state index in [-0.39, 0.29) is 6.54 Å². The first-order chi connectivity index (χ1) is 16.5. The van der Waals surface area contributed by atoms with Crippen LogP contribution >= 0.6 is 0 Å². The molecule has 0 saturated carbocycles. The zero-order chi connectivity index (χ0) is 24.3.